The number of carbonyl (C=O) groups is 2. The van der Waals surface area contributed by atoms with Gasteiger partial charge in [-0.05, 0) is 50.8 Å². The number of hydrogen-bond acceptors (Lipinski definition) is 4. The van der Waals surface area contributed by atoms with Crippen LogP contribution in [0.3, 0.4) is 0 Å². The predicted octanol–water partition coefficient (Wildman–Crippen LogP) is 2.04. The molecule has 2 amide bonds. The fourth-order valence-corrected chi connectivity index (χ4v) is 3.82. The number of carbonyl (C=O) groups excluding carboxylic acids is 2. The molecule has 0 aromatic heterocycles. The zero-order valence-corrected chi connectivity index (χ0v) is 15.6. The quantitative estimate of drug-likeness (QED) is 0.878. The number of nitrogens with one attached hydrogen (secondary N) is 1. The minimum absolute atomic E-state index is 0.0158. The van der Waals surface area contributed by atoms with E-state index < -0.39 is 11.9 Å². The molecule has 2 saturated heterocycles. The van der Waals surface area contributed by atoms with E-state index in [9.17, 15) is 14.0 Å². The molecule has 2 fully saturated rings. The second-order valence-corrected chi connectivity index (χ2v) is 7.30. The average molecular weight is 372 g/mol. The van der Waals surface area contributed by atoms with Crippen LogP contribution in [0.4, 0.5) is 10.1 Å². The minimum Gasteiger partial charge on any atom is -0.369 e. The van der Waals surface area contributed by atoms with Gasteiger partial charge in [0.05, 0.1) is 17.3 Å². The molecule has 7 heteroatoms. The molecule has 6 nitrogen and oxygen atoms in total. The van der Waals surface area contributed by atoms with Crippen molar-refractivity contribution in [2.24, 2.45) is 5.92 Å². The third-order valence-corrected chi connectivity index (χ3v) is 5.43. The van der Waals surface area contributed by atoms with E-state index in [1.54, 1.807) is 24.0 Å². The number of hydrogen-bond donors (Lipinski definition) is 1. The number of piperidine rings is 1. The molecule has 0 saturated carbocycles. The smallest absolute Gasteiger partial charge is 0.244 e. The highest BCUT2D eigenvalue weighted by molar-refractivity contribution is 5.88. The van der Waals surface area contributed by atoms with E-state index in [4.69, 9.17) is 5.26 Å². The lowest BCUT2D eigenvalue weighted by Gasteiger charge is -2.33. The molecule has 1 aromatic carbocycles. The summed E-state index contributed by atoms with van der Waals surface area (Å²) in [5.74, 6) is -0.703. The predicted molar refractivity (Wildman–Crippen MR) is 99.5 cm³/mol. The average Bonchev–Trinajstić information content (AvgIpc) is 3.22. The van der Waals surface area contributed by atoms with E-state index >= 15 is 0 Å². The molecule has 2 aliphatic heterocycles. The van der Waals surface area contributed by atoms with Crippen molar-refractivity contribution >= 4 is 17.5 Å². The van der Waals surface area contributed by atoms with Crippen LogP contribution in [0.15, 0.2) is 18.2 Å². The van der Waals surface area contributed by atoms with E-state index in [1.807, 2.05) is 11.0 Å². The van der Waals surface area contributed by atoms with Gasteiger partial charge in [-0.15, -0.1) is 0 Å². The summed E-state index contributed by atoms with van der Waals surface area (Å²) in [7, 11) is 0. The number of nitrogens with zero attached hydrogens (tertiary/aromatic N) is 3. The fourth-order valence-electron chi connectivity index (χ4n) is 3.82. The van der Waals surface area contributed by atoms with Gasteiger partial charge < -0.3 is 15.1 Å². The molecule has 1 N–H and O–H groups in total. The molecule has 1 atom stereocenters. The summed E-state index contributed by atoms with van der Waals surface area (Å²) in [6.07, 6.45) is 3.26. The highest BCUT2D eigenvalue weighted by atomic mass is 19.1. The van der Waals surface area contributed by atoms with Gasteiger partial charge in [0.15, 0.2) is 0 Å². The number of rotatable bonds is 4. The van der Waals surface area contributed by atoms with Gasteiger partial charge in [-0.1, -0.05) is 0 Å². The van der Waals surface area contributed by atoms with E-state index in [0.29, 0.717) is 37.2 Å². The van der Waals surface area contributed by atoms with Crippen LogP contribution < -0.4 is 10.2 Å². The largest absolute Gasteiger partial charge is 0.369 e. The maximum absolute atomic E-state index is 14.2. The zero-order chi connectivity index (χ0) is 19.4. The van der Waals surface area contributed by atoms with Crippen LogP contribution in [0.25, 0.3) is 0 Å². The number of likely N-dealkylation sites (tertiary alicyclic amines) is 1. The molecular weight excluding hydrogens is 347 g/mol. The van der Waals surface area contributed by atoms with Crippen molar-refractivity contribution in [2.45, 2.75) is 38.6 Å². The Morgan fingerprint density at radius 1 is 1.22 bits per heavy atom. The number of halogens is 1. The number of nitriles is 1. The Kier molecular flexibility index (Phi) is 5.94. The van der Waals surface area contributed by atoms with Crippen molar-refractivity contribution in [3.8, 4) is 6.07 Å². The van der Waals surface area contributed by atoms with Crippen molar-refractivity contribution in [1.29, 1.82) is 5.26 Å². The summed E-state index contributed by atoms with van der Waals surface area (Å²) in [6.45, 7) is 4.41. The summed E-state index contributed by atoms with van der Waals surface area (Å²) in [5, 5.41) is 11.7. The zero-order valence-electron chi connectivity index (χ0n) is 15.6. The highest BCUT2D eigenvalue weighted by Gasteiger charge is 2.30. The fraction of sp³-hybridized carbons (Fsp3) is 0.550. The SMILES string of the molecule is CC(NC(=O)C1CCN(c2ccc(C#N)cc2F)CC1)C(=O)N1CCCC1. The summed E-state index contributed by atoms with van der Waals surface area (Å²) in [4.78, 5) is 28.5. The van der Waals surface area contributed by atoms with Gasteiger partial charge in [0, 0.05) is 32.1 Å². The van der Waals surface area contributed by atoms with Gasteiger partial charge in [0.2, 0.25) is 11.8 Å². The molecular formula is C20H25FN4O2. The van der Waals surface area contributed by atoms with Crippen molar-refractivity contribution in [3.63, 3.8) is 0 Å². The topological polar surface area (TPSA) is 76.4 Å². The first-order valence-electron chi connectivity index (χ1n) is 9.53. The third kappa shape index (κ3) is 4.38. The summed E-state index contributed by atoms with van der Waals surface area (Å²) in [5.41, 5.74) is 0.757. The maximum atomic E-state index is 14.2. The van der Waals surface area contributed by atoms with Crippen LogP contribution in [0, 0.1) is 23.1 Å². The van der Waals surface area contributed by atoms with Crippen molar-refractivity contribution < 1.29 is 14.0 Å². The Labute approximate surface area is 158 Å². The standard InChI is InChI=1S/C20H25FN4O2/c1-14(20(27)25-8-2-3-9-25)23-19(26)16-6-10-24(11-7-16)18-5-4-15(13-22)12-17(18)21/h4-5,12,14,16H,2-3,6-11H2,1H3,(H,23,26). The van der Waals surface area contributed by atoms with E-state index in [-0.39, 0.29) is 17.7 Å². The molecule has 2 aliphatic rings. The first kappa shape index (κ1) is 19.2. The number of amides is 2. The Morgan fingerprint density at radius 3 is 2.48 bits per heavy atom. The van der Waals surface area contributed by atoms with Crippen LogP contribution in [-0.2, 0) is 9.59 Å². The Hall–Kier alpha value is -2.62. The molecule has 2 heterocycles. The summed E-state index contributed by atoms with van der Waals surface area (Å²) >= 11 is 0. The Bertz CT molecular complexity index is 747. The molecule has 3 rings (SSSR count). The van der Waals surface area contributed by atoms with Crippen LogP contribution in [0.1, 0.15) is 38.2 Å². The molecule has 0 aliphatic carbocycles. The van der Waals surface area contributed by atoms with Gasteiger partial charge in [-0.2, -0.15) is 5.26 Å². The van der Waals surface area contributed by atoms with Crippen LogP contribution in [0.5, 0.6) is 0 Å². The van der Waals surface area contributed by atoms with Crippen molar-refractivity contribution in [3.05, 3.63) is 29.6 Å². The lowest BCUT2D eigenvalue weighted by Crippen LogP contribution is -2.49. The van der Waals surface area contributed by atoms with Crippen LogP contribution in [-0.4, -0.2) is 48.9 Å². The first-order valence-corrected chi connectivity index (χ1v) is 9.53. The maximum Gasteiger partial charge on any atom is 0.244 e. The lowest BCUT2D eigenvalue weighted by atomic mass is 9.95. The van der Waals surface area contributed by atoms with Gasteiger partial charge in [-0.3, -0.25) is 9.59 Å². The van der Waals surface area contributed by atoms with Crippen LogP contribution >= 0.6 is 0 Å². The normalized spacial score (nSPS) is 18.9. The van der Waals surface area contributed by atoms with Gasteiger partial charge in [-0.25, -0.2) is 4.39 Å². The minimum atomic E-state index is -0.510. The van der Waals surface area contributed by atoms with Crippen molar-refractivity contribution in [2.75, 3.05) is 31.1 Å². The van der Waals surface area contributed by atoms with E-state index in [2.05, 4.69) is 5.32 Å². The second kappa shape index (κ2) is 8.38. The molecule has 0 spiro atoms. The Morgan fingerprint density at radius 2 is 1.89 bits per heavy atom. The van der Waals surface area contributed by atoms with E-state index in [1.165, 1.54) is 6.07 Å². The monoisotopic (exact) mass is 372 g/mol. The van der Waals surface area contributed by atoms with Gasteiger partial charge in [0.1, 0.15) is 11.9 Å². The molecule has 1 unspecified atom stereocenters. The summed E-state index contributed by atoms with van der Waals surface area (Å²) < 4.78 is 14.2. The van der Waals surface area contributed by atoms with Crippen LogP contribution in [0.2, 0.25) is 0 Å². The number of anilines is 1. The molecule has 144 valence electrons. The van der Waals surface area contributed by atoms with Crippen molar-refractivity contribution in [1.82, 2.24) is 10.2 Å². The molecule has 27 heavy (non-hydrogen) atoms. The summed E-state index contributed by atoms with van der Waals surface area (Å²) in [6, 6.07) is 5.87. The lowest BCUT2D eigenvalue weighted by molar-refractivity contribution is -0.136. The molecule has 1 aromatic rings. The Balaban J connectivity index is 1.52. The number of benzene rings is 1. The van der Waals surface area contributed by atoms with Gasteiger partial charge >= 0.3 is 0 Å². The third-order valence-electron chi connectivity index (χ3n) is 5.43. The van der Waals surface area contributed by atoms with Gasteiger partial charge in [0.25, 0.3) is 0 Å². The first-order chi connectivity index (χ1) is 13.0. The molecule has 0 radical (unpaired) electrons. The van der Waals surface area contributed by atoms with E-state index in [0.717, 1.165) is 25.9 Å². The second-order valence-electron chi connectivity index (χ2n) is 7.30. The highest BCUT2D eigenvalue weighted by Crippen LogP contribution is 2.26. The molecule has 0 bridgehead atoms.